The number of hydrogen-bond donors (Lipinski definition) is 1. The van der Waals surface area contributed by atoms with Crippen LogP contribution < -0.4 is 0 Å². The van der Waals surface area contributed by atoms with Crippen LogP contribution in [0.3, 0.4) is 0 Å². The van der Waals surface area contributed by atoms with Gasteiger partial charge in [0.2, 0.25) is 0 Å². The van der Waals surface area contributed by atoms with Crippen molar-refractivity contribution in [3.8, 4) is 0 Å². The second-order valence-corrected chi connectivity index (χ2v) is 2.71. The molecule has 3 nitrogen and oxygen atoms in total. The molecule has 1 aromatic heterocycles. The SMILES string of the molecule is C=Cc1c(C(=C)C)n[nH]c1/N=C\C. The van der Waals surface area contributed by atoms with Gasteiger partial charge >= 0.3 is 0 Å². The lowest BCUT2D eigenvalue weighted by Crippen LogP contribution is -1.80. The fourth-order valence-corrected chi connectivity index (χ4v) is 1.09. The molecule has 1 N–H and O–H groups in total. The third-order valence-electron chi connectivity index (χ3n) is 1.65. The Morgan fingerprint density at radius 3 is 2.77 bits per heavy atom. The van der Waals surface area contributed by atoms with E-state index in [9.17, 15) is 0 Å². The van der Waals surface area contributed by atoms with E-state index >= 15 is 0 Å². The fraction of sp³-hybridized carbons (Fsp3) is 0.200. The zero-order chi connectivity index (χ0) is 9.84. The number of aromatic nitrogens is 2. The number of aromatic amines is 1. The molecule has 0 aliphatic rings. The molecule has 1 rings (SSSR count). The van der Waals surface area contributed by atoms with Gasteiger partial charge in [-0.2, -0.15) is 5.10 Å². The van der Waals surface area contributed by atoms with Crippen LogP contribution in [0.4, 0.5) is 5.82 Å². The first-order chi connectivity index (χ1) is 6.20. The molecule has 0 unspecified atom stereocenters. The molecular weight excluding hydrogens is 162 g/mol. The van der Waals surface area contributed by atoms with Gasteiger partial charge in [0, 0.05) is 11.8 Å². The highest BCUT2D eigenvalue weighted by atomic mass is 15.2. The number of allylic oxidation sites excluding steroid dienone is 1. The lowest BCUT2D eigenvalue weighted by molar-refractivity contribution is 1.07. The first-order valence-corrected chi connectivity index (χ1v) is 4.06. The number of nitrogens with zero attached hydrogens (tertiary/aromatic N) is 2. The van der Waals surface area contributed by atoms with Crippen LogP contribution in [-0.4, -0.2) is 16.4 Å². The lowest BCUT2D eigenvalue weighted by atomic mass is 10.1. The summed E-state index contributed by atoms with van der Waals surface area (Å²) in [5.74, 6) is 0.732. The molecular formula is C10H13N3. The summed E-state index contributed by atoms with van der Waals surface area (Å²) in [6.07, 6.45) is 3.44. The predicted octanol–water partition coefficient (Wildman–Crippen LogP) is 2.81. The Labute approximate surface area is 77.9 Å². The number of rotatable bonds is 3. The van der Waals surface area contributed by atoms with Gasteiger partial charge in [0.15, 0.2) is 5.82 Å². The third-order valence-corrected chi connectivity index (χ3v) is 1.65. The van der Waals surface area contributed by atoms with E-state index in [-0.39, 0.29) is 0 Å². The molecule has 0 saturated carbocycles. The largest absolute Gasteiger partial charge is 0.260 e. The molecule has 0 aliphatic heterocycles. The van der Waals surface area contributed by atoms with Crippen LogP contribution in [0.25, 0.3) is 11.6 Å². The van der Waals surface area contributed by atoms with Gasteiger partial charge in [-0.3, -0.25) is 5.10 Å². The van der Waals surface area contributed by atoms with Gasteiger partial charge in [0.25, 0.3) is 0 Å². The summed E-state index contributed by atoms with van der Waals surface area (Å²) >= 11 is 0. The summed E-state index contributed by atoms with van der Waals surface area (Å²) < 4.78 is 0. The molecule has 3 heteroatoms. The van der Waals surface area contributed by atoms with E-state index in [1.54, 1.807) is 12.3 Å². The van der Waals surface area contributed by atoms with Crippen molar-refractivity contribution < 1.29 is 0 Å². The standard InChI is InChI=1S/C10H13N3/c1-5-8-9(7(3)4)12-13-10(8)11-6-2/h5-6H,1,3H2,2,4H3,(H,12,13)/b11-6-. The average molecular weight is 175 g/mol. The van der Waals surface area contributed by atoms with Gasteiger partial charge < -0.3 is 0 Å². The Morgan fingerprint density at radius 2 is 2.31 bits per heavy atom. The van der Waals surface area contributed by atoms with E-state index in [1.165, 1.54) is 0 Å². The van der Waals surface area contributed by atoms with Crippen LogP contribution in [0.5, 0.6) is 0 Å². The molecule has 0 atom stereocenters. The van der Waals surface area contributed by atoms with E-state index in [0.29, 0.717) is 0 Å². The topological polar surface area (TPSA) is 41.0 Å². The zero-order valence-electron chi connectivity index (χ0n) is 7.96. The summed E-state index contributed by atoms with van der Waals surface area (Å²) in [6.45, 7) is 11.3. The van der Waals surface area contributed by atoms with Crippen LogP contribution in [0.1, 0.15) is 25.1 Å². The summed E-state index contributed by atoms with van der Waals surface area (Å²) in [5, 5.41) is 6.92. The number of H-pyrrole nitrogens is 1. The molecule has 1 heterocycles. The fourth-order valence-electron chi connectivity index (χ4n) is 1.09. The molecule has 0 radical (unpaired) electrons. The third kappa shape index (κ3) is 1.75. The van der Waals surface area contributed by atoms with E-state index in [1.807, 2.05) is 13.8 Å². The van der Waals surface area contributed by atoms with Crippen LogP contribution >= 0.6 is 0 Å². The maximum atomic E-state index is 4.13. The molecule has 1 aromatic rings. The van der Waals surface area contributed by atoms with Crippen LogP contribution in [0.15, 0.2) is 18.2 Å². The van der Waals surface area contributed by atoms with E-state index in [0.717, 1.165) is 22.6 Å². The molecule has 0 spiro atoms. The normalized spacial score (nSPS) is 10.6. The highest BCUT2D eigenvalue weighted by Gasteiger charge is 2.08. The monoisotopic (exact) mass is 175 g/mol. The highest BCUT2D eigenvalue weighted by Crippen LogP contribution is 2.24. The van der Waals surface area contributed by atoms with Gasteiger partial charge in [0.1, 0.15) is 0 Å². The second-order valence-electron chi connectivity index (χ2n) is 2.71. The summed E-state index contributed by atoms with van der Waals surface area (Å²) in [5.41, 5.74) is 2.64. The molecule has 0 fully saturated rings. The quantitative estimate of drug-likeness (QED) is 0.705. The molecule has 13 heavy (non-hydrogen) atoms. The Kier molecular flexibility index (Phi) is 2.80. The van der Waals surface area contributed by atoms with E-state index < -0.39 is 0 Å². The van der Waals surface area contributed by atoms with Crippen LogP contribution in [-0.2, 0) is 0 Å². The van der Waals surface area contributed by atoms with Gasteiger partial charge in [-0.25, -0.2) is 4.99 Å². The molecule has 68 valence electrons. The first kappa shape index (κ1) is 9.45. The zero-order valence-corrected chi connectivity index (χ0v) is 7.96. The molecule has 0 amide bonds. The van der Waals surface area contributed by atoms with Crippen LogP contribution in [0.2, 0.25) is 0 Å². The summed E-state index contributed by atoms with van der Waals surface area (Å²) in [7, 11) is 0. The van der Waals surface area contributed by atoms with Crippen molar-refractivity contribution >= 4 is 23.7 Å². The second kappa shape index (κ2) is 3.85. The molecule has 0 aliphatic carbocycles. The Morgan fingerprint density at radius 1 is 1.62 bits per heavy atom. The van der Waals surface area contributed by atoms with Crippen molar-refractivity contribution in [2.45, 2.75) is 13.8 Å². The smallest absolute Gasteiger partial charge is 0.155 e. The Bertz CT molecular complexity index is 358. The van der Waals surface area contributed by atoms with Crippen molar-refractivity contribution in [2.24, 2.45) is 4.99 Å². The van der Waals surface area contributed by atoms with Crippen molar-refractivity contribution in [2.75, 3.05) is 0 Å². The van der Waals surface area contributed by atoms with E-state index in [2.05, 4.69) is 28.3 Å². The van der Waals surface area contributed by atoms with Crippen molar-refractivity contribution in [1.29, 1.82) is 0 Å². The van der Waals surface area contributed by atoms with Crippen molar-refractivity contribution in [3.05, 3.63) is 24.4 Å². The Hall–Kier alpha value is -1.64. The minimum atomic E-state index is 0.732. The van der Waals surface area contributed by atoms with Gasteiger partial charge in [-0.05, 0) is 19.4 Å². The predicted molar refractivity (Wildman–Crippen MR) is 57.2 cm³/mol. The maximum absolute atomic E-state index is 4.13. The van der Waals surface area contributed by atoms with Crippen molar-refractivity contribution in [1.82, 2.24) is 10.2 Å². The van der Waals surface area contributed by atoms with Crippen LogP contribution in [0, 0.1) is 0 Å². The average Bonchev–Trinajstić information content (AvgIpc) is 2.48. The van der Waals surface area contributed by atoms with Gasteiger partial charge in [-0.15, -0.1) is 0 Å². The number of nitrogens with one attached hydrogen (secondary N) is 1. The first-order valence-electron chi connectivity index (χ1n) is 4.06. The summed E-state index contributed by atoms with van der Waals surface area (Å²) in [6, 6.07) is 0. The molecule has 0 saturated heterocycles. The minimum Gasteiger partial charge on any atom is -0.260 e. The molecule has 0 aromatic carbocycles. The molecule has 0 bridgehead atoms. The number of hydrogen-bond acceptors (Lipinski definition) is 2. The van der Waals surface area contributed by atoms with E-state index in [4.69, 9.17) is 0 Å². The van der Waals surface area contributed by atoms with Crippen molar-refractivity contribution in [3.63, 3.8) is 0 Å². The maximum Gasteiger partial charge on any atom is 0.155 e. The minimum absolute atomic E-state index is 0.732. The number of aliphatic imine (C=N–C) groups is 1. The lowest BCUT2D eigenvalue weighted by Gasteiger charge is -1.94. The highest BCUT2D eigenvalue weighted by molar-refractivity contribution is 5.76. The van der Waals surface area contributed by atoms with Gasteiger partial charge in [0.05, 0.1) is 5.69 Å². The Balaban J connectivity index is 3.25. The van der Waals surface area contributed by atoms with Gasteiger partial charge in [-0.1, -0.05) is 19.2 Å². The summed E-state index contributed by atoms with van der Waals surface area (Å²) in [4.78, 5) is 4.13.